The van der Waals surface area contributed by atoms with Gasteiger partial charge in [0.1, 0.15) is 5.75 Å². The summed E-state index contributed by atoms with van der Waals surface area (Å²) in [6.45, 7) is 2.22. The second kappa shape index (κ2) is 9.03. The molecule has 0 unspecified atom stereocenters. The zero-order valence-electron chi connectivity index (χ0n) is 15.3. The third-order valence-electron chi connectivity index (χ3n) is 4.30. The molecule has 7 heteroatoms. The summed E-state index contributed by atoms with van der Waals surface area (Å²) in [7, 11) is -1.84. The Morgan fingerprint density at radius 3 is 2.70 bits per heavy atom. The number of para-hydroxylation sites is 1. The van der Waals surface area contributed by atoms with Gasteiger partial charge in [-0.15, -0.1) is 0 Å². The highest BCUT2D eigenvalue weighted by molar-refractivity contribution is 7.89. The van der Waals surface area contributed by atoms with E-state index in [1.807, 2.05) is 42.5 Å². The number of ether oxygens (including phenoxy) is 2. The van der Waals surface area contributed by atoms with Crippen LogP contribution in [0.1, 0.15) is 5.56 Å². The van der Waals surface area contributed by atoms with Crippen molar-refractivity contribution in [2.45, 2.75) is 4.90 Å². The van der Waals surface area contributed by atoms with Gasteiger partial charge in [-0.25, -0.2) is 8.42 Å². The minimum atomic E-state index is -3.49. The molecule has 6 nitrogen and oxygen atoms in total. The monoisotopic (exact) mass is 388 g/mol. The fourth-order valence-corrected chi connectivity index (χ4v) is 4.32. The molecule has 0 atom stereocenters. The van der Waals surface area contributed by atoms with Crippen molar-refractivity contribution >= 4 is 21.8 Å². The molecule has 144 valence electrons. The molecule has 27 heavy (non-hydrogen) atoms. The number of nitrogens with zero attached hydrogens (tertiary/aromatic N) is 1. The van der Waals surface area contributed by atoms with Crippen LogP contribution < -0.4 is 10.1 Å². The molecule has 0 spiro atoms. The van der Waals surface area contributed by atoms with Gasteiger partial charge in [0.15, 0.2) is 0 Å². The fourth-order valence-electron chi connectivity index (χ4n) is 2.87. The number of methoxy groups -OCH3 is 1. The van der Waals surface area contributed by atoms with Crippen molar-refractivity contribution in [3.05, 3.63) is 60.2 Å². The highest BCUT2D eigenvalue weighted by Crippen LogP contribution is 2.21. The molecule has 3 rings (SSSR count). The Kier molecular flexibility index (Phi) is 6.49. The van der Waals surface area contributed by atoms with E-state index in [-0.39, 0.29) is 0 Å². The molecule has 0 aliphatic carbocycles. The largest absolute Gasteiger partial charge is 0.496 e. The molecule has 0 amide bonds. The Labute approximate surface area is 160 Å². The van der Waals surface area contributed by atoms with Crippen molar-refractivity contribution < 1.29 is 17.9 Å². The predicted molar refractivity (Wildman–Crippen MR) is 107 cm³/mol. The van der Waals surface area contributed by atoms with E-state index in [0.29, 0.717) is 37.7 Å². The van der Waals surface area contributed by atoms with Crippen LogP contribution >= 0.6 is 0 Å². The van der Waals surface area contributed by atoms with Crippen molar-refractivity contribution in [2.75, 3.05) is 45.3 Å². The topological polar surface area (TPSA) is 67.9 Å². The average Bonchev–Trinajstić information content (AvgIpc) is 2.72. The molecule has 1 aliphatic rings. The van der Waals surface area contributed by atoms with Gasteiger partial charge in [0.05, 0.1) is 25.2 Å². The quantitative estimate of drug-likeness (QED) is 0.790. The van der Waals surface area contributed by atoms with E-state index in [0.717, 1.165) is 17.0 Å². The first kappa shape index (κ1) is 19.4. The van der Waals surface area contributed by atoms with E-state index in [1.54, 1.807) is 25.3 Å². The molecule has 1 heterocycles. The SMILES string of the molecule is COc1ccccc1C=CCNc1cccc(S(=O)(=O)N2CCOCC2)c1. The van der Waals surface area contributed by atoms with Crippen LogP contribution in [0.3, 0.4) is 0 Å². The third kappa shape index (κ3) is 4.88. The van der Waals surface area contributed by atoms with Crippen LogP contribution in [0.5, 0.6) is 5.75 Å². The van der Waals surface area contributed by atoms with Crippen LogP contribution in [0.2, 0.25) is 0 Å². The van der Waals surface area contributed by atoms with Gasteiger partial charge in [-0.3, -0.25) is 0 Å². The number of benzene rings is 2. The maximum absolute atomic E-state index is 12.7. The van der Waals surface area contributed by atoms with Crippen molar-refractivity contribution in [3.63, 3.8) is 0 Å². The summed E-state index contributed by atoms with van der Waals surface area (Å²) < 4.78 is 37.5. The normalized spacial score (nSPS) is 15.7. The van der Waals surface area contributed by atoms with Crippen LogP contribution in [-0.4, -0.2) is 52.7 Å². The smallest absolute Gasteiger partial charge is 0.243 e. The summed E-state index contributed by atoms with van der Waals surface area (Å²) in [5, 5.41) is 3.23. The number of sulfonamides is 1. The molecule has 0 saturated carbocycles. The summed E-state index contributed by atoms with van der Waals surface area (Å²) in [5.74, 6) is 0.812. The van der Waals surface area contributed by atoms with Crippen LogP contribution in [0.25, 0.3) is 6.08 Å². The van der Waals surface area contributed by atoms with Crippen LogP contribution in [0, 0.1) is 0 Å². The summed E-state index contributed by atoms with van der Waals surface area (Å²) in [6, 6.07) is 14.7. The average molecular weight is 388 g/mol. The van der Waals surface area contributed by atoms with Gasteiger partial charge in [0.25, 0.3) is 0 Å². The van der Waals surface area contributed by atoms with Gasteiger partial charge in [-0.05, 0) is 24.3 Å². The Balaban J connectivity index is 1.65. The maximum atomic E-state index is 12.7. The second-order valence-electron chi connectivity index (χ2n) is 6.07. The van der Waals surface area contributed by atoms with Crippen LogP contribution in [0.4, 0.5) is 5.69 Å². The first-order chi connectivity index (χ1) is 13.1. The number of morpholine rings is 1. The first-order valence-electron chi connectivity index (χ1n) is 8.82. The Morgan fingerprint density at radius 1 is 1.15 bits per heavy atom. The van der Waals surface area contributed by atoms with Crippen LogP contribution in [0.15, 0.2) is 59.5 Å². The molecule has 2 aromatic rings. The van der Waals surface area contributed by atoms with Crippen molar-refractivity contribution in [2.24, 2.45) is 0 Å². The number of nitrogens with one attached hydrogen (secondary N) is 1. The molecule has 0 radical (unpaired) electrons. The summed E-state index contributed by atoms with van der Waals surface area (Å²) >= 11 is 0. The molecule has 2 aromatic carbocycles. The van der Waals surface area contributed by atoms with Crippen molar-refractivity contribution in [1.29, 1.82) is 0 Å². The minimum absolute atomic E-state index is 0.295. The highest BCUT2D eigenvalue weighted by atomic mass is 32.2. The molecule has 1 fully saturated rings. The Morgan fingerprint density at radius 2 is 1.93 bits per heavy atom. The van der Waals surface area contributed by atoms with E-state index in [2.05, 4.69) is 5.32 Å². The zero-order valence-corrected chi connectivity index (χ0v) is 16.1. The second-order valence-corrected chi connectivity index (χ2v) is 8.01. The molecular formula is C20H24N2O4S. The number of anilines is 1. The van der Waals surface area contributed by atoms with E-state index >= 15 is 0 Å². The van der Waals surface area contributed by atoms with Gasteiger partial charge in [0, 0.05) is 30.9 Å². The number of hydrogen-bond acceptors (Lipinski definition) is 5. The molecule has 1 aliphatic heterocycles. The lowest BCUT2D eigenvalue weighted by Gasteiger charge is -2.26. The Hall–Kier alpha value is -2.35. The van der Waals surface area contributed by atoms with Crippen molar-refractivity contribution in [3.8, 4) is 5.75 Å². The lowest BCUT2D eigenvalue weighted by Crippen LogP contribution is -2.40. The maximum Gasteiger partial charge on any atom is 0.243 e. The van der Waals surface area contributed by atoms with Gasteiger partial charge >= 0.3 is 0 Å². The van der Waals surface area contributed by atoms with E-state index in [1.165, 1.54) is 4.31 Å². The summed E-state index contributed by atoms with van der Waals surface area (Å²) in [4.78, 5) is 0.295. The highest BCUT2D eigenvalue weighted by Gasteiger charge is 2.26. The minimum Gasteiger partial charge on any atom is -0.496 e. The molecule has 0 aromatic heterocycles. The Bertz CT molecular complexity index is 890. The molecular weight excluding hydrogens is 364 g/mol. The van der Waals surface area contributed by atoms with Crippen LogP contribution in [-0.2, 0) is 14.8 Å². The van der Waals surface area contributed by atoms with Gasteiger partial charge in [0.2, 0.25) is 10.0 Å². The summed E-state index contributed by atoms with van der Waals surface area (Å²) in [6.07, 6.45) is 3.95. The van der Waals surface area contributed by atoms with Gasteiger partial charge in [-0.2, -0.15) is 4.31 Å². The molecule has 0 bridgehead atoms. The lowest BCUT2D eigenvalue weighted by atomic mass is 10.2. The molecule has 1 N–H and O–H groups in total. The standard InChI is InChI=1S/C20H24N2O4S/c1-25-20-10-3-2-6-17(20)7-5-11-21-18-8-4-9-19(16-18)27(23,24)22-12-14-26-15-13-22/h2-10,16,21H,11-15H2,1H3. The zero-order chi connectivity index (χ0) is 19.1. The number of hydrogen-bond donors (Lipinski definition) is 1. The van der Waals surface area contributed by atoms with Crippen molar-refractivity contribution in [1.82, 2.24) is 4.31 Å². The first-order valence-corrected chi connectivity index (χ1v) is 10.3. The third-order valence-corrected chi connectivity index (χ3v) is 6.20. The predicted octanol–water partition coefficient (Wildman–Crippen LogP) is 2.84. The lowest BCUT2D eigenvalue weighted by molar-refractivity contribution is 0.0730. The van der Waals surface area contributed by atoms with Gasteiger partial charge in [-0.1, -0.05) is 36.4 Å². The molecule has 1 saturated heterocycles. The van der Waals surface area contributed by atoms with E-state index < -0.39 is 10.0 Å². The van der Waals surface area contributed by atoms with E-state index in [9.17, 15) is 8.42 Å². The fraction of sp³-hybridized carbons (Fsp3) is 0.300. The van der Waals surface area contributed by atoms with E-state index in [4.69, 9.17) is 9.47 Å². The number of rotatable bonds is 7. The summed E-state index contributed by atoms with van der Waals surface area (Å²) in [5.41, 5.74) is 1.75. The van der Waals surface area contributed by atoms with Gasteiger partial charge < -0.3 is 14.8 Å².